The molecule has 0 spiro atoms. The molecule has 0 saturated heterocycles. The Labute approximate surface area is 337 Å². The molecule has 0 aromatic rings. The third-order valence-electron chi connectivity index (χ3n) is 12.0. The van der Waals surface area contributed by atoms with Crippen molar-refractivity contribution in [2.24, 2.45) is 11.8 Å². The molecule has 2 aliphatic rings. The fourth-order valence-corrected chi connectivity index (χ4v) is 10.6. The fraction of sp³-hybridized carbons (Fsp3) is 0.957. The molecule has 0 radical (unpaired) electrons. The van der Waals surface area contributed by atoms with Gasteiger partial charge in [0.2, 0.25) is 0 Å². The van der Waals surface area contributed by atoms with E-state index in [1.54, 1.807) is 0 Å². The van der Waals surface area contributed by atoms with Gasteiger partial charge >= 0.3 is 11.9 Å². The highest BCUT2D eigenvalue weighted by Gasteiger charge is 2.20. The standard InChI is InChI=1S/C46H87NO4S2/c1-4-6-8-20-30-43(50-45(48)34-32-40-24-14-10-15-25-40)38-52-36-22-12-18-28-42(47-3)29-19-13-23-37-53-39-44(31-21-9-7-5-2)51-46(49)35-33-41-26-16-11-17-27-41/h40-44,47H,4-39H2,1-3H3. The Balaban J connectivity index is 1.52. The molecule has 2 fully saturated rings. The predicted molar refractivity (Wildman–Crippen MR) is 233 cm³/mol. The van der Waals surface area contributed by atoms with Gasteiger partial charge in [-0.15, -0.1) is 0 Å². The molecule has 0 aliphatic heterocycles. The summed E-state index contributed by atoms with van der Waals surface area (Å²) in [5, 5.41) is 3.58. The number of rotatable bonds is 35. The lowest BCUT2D eigenvalue weighted by Crippen LogP contribution is -2.24. The van der Waals surface area contributed by atoms with Crippen molar-refractivity contribution in [3.8, 4) is 0 Å². The van der Waals surface area contributed by atoms with Gasteiger partial charge in [0.25, 0.3) is 0 Å². The highest BCUT2D eigenvalue weighted by atomic mass is 32.2. The predicted octanol–water partition coefficient (Wildman–Crippen LogP) is 13.6. The Hall–Kier alpha value is -0.400. The molecular weight excluding hydrogens is 695 g/mol. The number of carbonyl (C=O) groups is 2. The number of unbranched alkanes of at least 4 members (excludes halogenated alkanes) is 10. The molecule has 0 heterocycles. The molecule has 0 aromatic carbocycles. The summed E-state index contributed by atoms with van der Waals surface area (Å²) in [4.78, 5) is 25.4. The molecule has 2 unspecified atom stereocenters. The number of carbonyl (C=O) groups excluding carboxylic acids is 2. The van der Waals surface area contributed by atoms with E-state index in [4.69, 9.17) is 9.47 Å². The zero-order chi connectivity index (χ0) is 38.0. The van der Waals surface area contributed by atoms with Crippen LogP contribution in [0, 0.1) is 11.8 Å². The smallest absolute Gasteiger partial charge is 0.306 e. The minimum absolute atomic E-state index is 0.0491. The van der Waals surface area contributed by atoms with Gasteiger partial charge in [0.15, 0.2) is 0 Å². The summed E-state index contributed by atoms with van der Waals surface area (Å²) < 4.78 is 12.1. The third-order valence-corrected chi connectivity index (χ3v) is 14.4. The Morgan fingerprint density at radius 3 is 1.34 bits per heavy atom. The van der Waals surface area contributed by atoms with Crippen LogP contribution in [0.15, 0.2) is 0 Å². The zero-order valence-corrected chi connectivity index (χ0v) is 36.9. The van der Waals surface area contributed by atoms with Gasteiger partial charge in [-0.1, -0.05) is 142 Å². The molecule has 5 nitrogen and oxygen atoms in total. The van der Waals surface area contributed by atoms with Gasteiger partial charge in [0.05, 0.1) is 0 Å². The molecule has 2 atom stereocenters. The summed E-state index contributed by atoms with van der Waals surface area (Å²) >= 11 is 4.00. The second-order valence-electron chi connectivity index (χ2n) is 16.8. The lowest BCUT2D eigenvalue weighted by atomic mass is 9.86. The maximum absolute atomic E-state index is 12.7. The minimum atomic E-state index is 0.0491. The van der Waals surface area contributed by atoms with Crippen LogP contribution in [0.3, 0.4) is 0 Å². The van der Waals surface area contributed by atoms with E-state index < -0.39 is 0 Å². The first-order chi connectivity index (χ1) is 26.0. The zero-order valence-electron chi connectivity index (χ0n) is 35.3. The van der Waals surface area contributed by atoms with Crippen molar-refractivity contribution in [2.75, 3.05) is 30.1 Å². The summed E-state index contributed by atoms with van der Waals surface area (Å²) in [6, 6.07) is 0.622. The van der Waals surface area contributed by atoms with Crippen LogP contribution in [0.25, 0.3) is 0 Å². The third kappa shape index (κ3) is 27.8. The highest BCUT2D eigenvalue weighted by molar-refractivity contribution is 7.99. The molecule has 2 saturated carbocycles. The monoisotopic (exact) mass is 782 g/mol. The Kier molecular flexibility index (Phi) is 32.0. The lowest BCUT2D eigenvalue weighted by molar-refractivity contribution is -0.149. The molecule has 312 valence electrons. The fourth-order valence-electron chi connectivity index (χ4n) is 8.44. The van der Waals surface area contributed by atoms with Crippen molar-refractivity contribution in [3.63, 3.8) is 0 Å². The summed E-state index contributed by atoms with van der Waals surface area (Å²) in [5.41, 5.74) is 0. The van der Waals surface area contributed by atoms with Crippen molar-refractivity contribution in [1.29, 1.82) is 0 Å². The quantitative estimate of drug-likeness (QED) is 0.0507. The van der Waals surface area contributed by atoms with E-state index in [-0.39, 0.29) is 24.1 Å². The molecule has 2 aliphatic carbocycles. The van der Waals surface area contributed by atoms with Crippen LogP contribution in [0.2, 0.25) is 0 Å². The second kappa shape index (κ2) is 34.8. The first-order valence-electron chi connectivity index (χ1n) is 23.3. The van der Waals surface area contributed by atoms with Crippen molar-refractivity contribution in [1.82, 2.24) is 5.32 Å². The molecule has 1 N–H and O–H groups in total. The molecular formula is C46H87NO4S2. The van der Waals surface area contributed by atoms with E-state index in [0.29, 0.717) is 18.9 Å². The second-order valence-corrected chi connectivity index (χ2v) is 19.1. The van der Waals surface area contributed by atoms with Gasteiger partial charge in [-0.05, 0) is 94.6 Å². The maximum Gasteiger partial charge on any atom is 0.306 e. The van der Waals surface area contributed by atoms with E-state index in [9.17, 15) is 9.59 Å². The Bertz CT molecular complexity index is 781. The van der Waals surface area contributed by atoms with Gasteiger partial charge in [-0.3, -0.25) is 9.59 Å². The van der Waals surface area contributed by atoms with E-state index in [2.05, 4.69) is 26.2 Å². The van der Waals surface area contributed by atoms with Crippen molar-refractivity contribution in [2.45, 2.75) is 238 Å². The number of nitrogens with one attached hydrogen (secondary N) is 1. The summed E-state index contributed by atoms with van der Waals surface area (Å²) in [6.07, 6.45) is 39.0. The molecule has 2 rings (SSSR count). The van der Waals surface area contributed by atoms with E-state index in [0.717, 1.165) is 49.0 Å². The number of ether oxygens (including phenoxy) is 2. The average molecular weight is 782 g/mol. The van der Waals surface area contributed by atoms with Crippen LogP contribution >= 0.6 is 23.5 Å². The van der Waals surface area contributed by atoms with Gasteiger partial charge in [0, 0.05) is 30.4 Å². The number of hydrogen-bond acceptors (Lipinski definition) is 7. The topological polar surface area (TPSA) is 64.6 Å². The van der Waals surface area contributed by atoms with Gasteiger partial charge in [0.1, 0.15) is 12.2 Å². The molecule has 0 bridgehead atoms. The molecule has 7 heteroatoms. The minimum Gasteiger partial charge on any atom is -0.461 e. The molecule has 0 aromatic heterocycles. The first kappa shape index (κ1) is 48.7. The SMILES string of the molecule is CCCCCCC(CSCCCCCC(CCCCCSCC(CCCCCC)OC(=O)CCC1CCCCC1)NC)OC(=O)CCC1CCCCC1. The number of hydrogen-bond donors (Lipinski definition) is 1. The van der Waals surface area contributed by atoms with Gasteiger partial charge in [-0.2, -0.15) is 23.5 Å². The van der Waals surface area contributed by atoms with Crippen molar-refractivity contribution < 1.29 is 19.1 Å². The molecule has 0 amide bonds. The van der Waals surface area contributed by atoms with Crippen LogP contribution < -0.4 is 5.32 Å². The summed E-state index contributed by atoms with van der Waals surface area (Å²) in [7, 11) is 2.13. The summed E-state index contributed by atoms with van der Waals surface area (Å²) in [5.74, 6) is 5.86. The van der Waals surface area contributed by atoms with Crippen molar-refractivity contribution >= 4 is 35.5 Å². The lowest BCUT2D eigenvalue weighted by Gasteiger charge is -2.22. The Morgan fingerprint density at radius 2 is 0.943 bits per heavy atom. The van der Waals surface area contributed by atoms with Crippen LogP contribution in [0.5, 0.6) is 0 Å². The average Bonchev–Trinajstić information content (AvgIpc) is 3.18. The Morgan fingerprint density at radius 1 is 0.547 bits per heavy atom. The maximum atomic E-state index is 12.7. The molecule has 53 heavy (non-hydrogen) atoms. The van der Waals surface area contributed by atoms with Gasteiger partial charge < -0.3 is 14.8 Å². The van der Waals surface area contributed by atoms with Crippen LogP contribution in [-0.2, 0) is 19.1 Å². The van der Waals surface area contributed by atoms with E-state index >= 15 is 0 Å². The van der Waals surface area contributed by atoms with E-state index in [1.165, 1.54) is 178 Å². The number of thioether (sulfide) groups is 2. The first-order valence-corrected chi connectivity index (χ1v) is 25.6. The van der Waals surface area contributed by atoms with Gasteiger partial charge in [-0.25, -0.2) is 0 Å². The van der Waals surface area contributed by atoms with Crippen LogP contribution in [0.4, 0.5) is 0 Å². The van der Waals surface area contributed by atoms with Crippen LogP contribution in [-0.4, -0.2) is 60.2 Å². The number of esters is 2. The summed E-state index contributed by atoms with van der Waals surface area (Å²) in [6.45, 7) is 4.51. The largest absolute Gasteiger partial charge is 0.461 e. The highest BCUT2D eigenvalue weighted by Crippen LogP contribution is 2.29. The normalized spacial score (nSPS) is 17.4. The van der Waals surface area contributed by atoms with Crippen LogP contribution in [0.1, 0.15) is 219 Å². The van der Waals surface area contributed by atoms with Crippen molar-refractivity contribution in [3.05, 3.63) is 0 Å². The van der Waals surface area contributed by atoms with E-state index in [1.807, 2.05) is 23.5 Å².